The van der Waals surface area contributed by atoms with Gasteiger partial charge in [-0.3, -0.25) is 9.89 Å². The number of imidazole rings is 1. The number of benzene rings is 1. The molecule has 2 aromatic heterocycles. The van der Waals surface area contributed by atoms with Gasteiger partial charge in [0.05, 0.1) is 29.3 Å². The summed E-state index contributed by atoms with van der Waals surface area (Å²) >= 11 is 0. The molecule has 0 aliphatic carbocycles. The average Bonchev–Trinajstić information content (AvgIpc) is 2.92. The van der Waals surface area contributed by atoms with Crippen LogP contribution in [0.3, 0.4) is 0 Å². The number of aryl methyl sites for hydroxylation is 1. The molecule has 0 atom stereocenters. The summed E-state index contributed by atoms with van der Waals surface area (Å²) in [6, 6.07) is 5.75. The van der Waals surface area contributed by atoms with Crippen LogP contribution in [0.1, 0.15) is 11.4 Å². The summed E-state index contributed by atoms with van der Waals surface area (Å²) in [7, 11) is 0. The van der Waals surface area contributed by atoms with Crippen molar-refractivity contribution in [2.45, 2.75) is 13.3 Å². The molecule has 0 amide bonds. The monoisotopic (exact) mass is 256 g/mol. The number of carboxylic acids is 1. The molecule has 3 rings (SSSR count). The highest BCUT2D eigenvalue weighted by molar-refractivity contribution is 5.83. The fourth-order valence-corrected chi connectivity index (χ4v) is 2.15. The number of aliphatic carboxylic acids is 1. The van der Waals surface area contributed by atoms with Crippen LogP contribution in [0, 0.1) is 6.92 Å². The Morgan fingerprint density at radius 3 is 3.05 bits per heavy atom. The number of fused-ring (bicyclic) bond motifs is 1. The number of H-pyrrole nitrogens is 2. The molecule has 1 aromatic carbocycles. The normalized spacial score (nSPS) is 11.0. The summed E-state index contributed by atoms with van der Waals surface area (Å²) in [5.41, 5.74) is 4.11. The third-order valence-corrected chi connectivity index (χ3v) is 2.95. The lowest BCUT2D eigenvalue weighted by atomic mass is 10.1. The van der Waals surface area contributed by atoms with Crippen molar-refractivity contribution in [1.29, 1.82) is 0 Å². The zero-order chi connectivity index (χ0) is 13.4. The third kappa shape index (κ3) is 2.08. The van der Waals surface area contributed by atoms with Crippen molar-refractivity contribution in [3.63, 3.8) is 0 Å². The molecule has 96 valence electrons. The lowest BCUT2D eigenvalue weighted by molar-refractivity contribution is -0.136. The molecule has 0 saturated heterocycles. The minimum atomic E-state index is -0.874. The number of hydrogen-bond acceptors (Lipinski definition) is 3. The molecule has 19 heavy (non-hydrogen) atoms. The Hall–Kier alpha value is -2.63. The van der Waals surface area contributed by atoms with Crippen LogP contribution in [0.2, 0.25) is 0 Å². The van der Waals surface area contributed by atoms with Gasteiger partial charge in [0.25, 0.3) is 0 Å². The topological polar surface area (TPSA) is 94.7 Å². The number of rotatable bonds is 3. The number of nitrogens with one attached hydrogen (secondary N) is 2. The maximum absolute atomic E-state index is 10.8. The Labute approximate surface area is 108 Å². The molecule has 0 spiro atoms. The first kappa shape index (κ1) is 11.5. The van der Waals surface area contributed by atoms with E-state index in [2.05, 4.69) is 20.2 Å². The number of aromatic nitrogens is 4. The Kier molecular flexibility index (Phi) is 2.56. The summed E-state index contributed by atoms with van der Waals surface area (Å²) in [6.45, 7) is 1.89. The Morgan fingerprint density at radius 2 is 2.26 bits per heavy atom. The fourth-order valence-electron chi connectivity index (χ4n) is 2.15. The second-order valence-corrected chi connectivity index (χ2v) is 4.39. The quantitative estimate of drug-likeness (QED) is 0.666. The van der Waals surface area contributed by atoms with Gasteiger partial charge in [0.15, 0.2) is 0 Å². The Balaban J connectivity index is 2.08. The van der Waals surface area contributed by atoms with Crippen LogP contribution in [0.5, 0.6) is 0 Å². The van der Waals surface area contributed by atoms with Gasteiger partial charge in [-0.15, -0.1) is 0 Å². The van der Waals surface area contributed by atoms with E-state index in [0.717, 1.165) is 28.1 Å². The smallest absolute Gasteiger partial charge is 0.307 e. The molecule has 0 saturated carbocycles. The lowest BCUT2D eigenvalue weighted by Crippen LogP contribution is -2.00. The van der Waals surface area contributed by atoms with E-state index in [-0.39, 0.29) is 6.42 Å². The Bertz CT molecular complexity index is 757. The molecule has 0 aliphatic rings. The van der Waals surface area contributed by atoms with Gasteiger partial charge in [-0.05, 0) is 19.1 Å². The molecule has 3 N–H and O–H groups in total. The van der Waals surface area contributed by atoms with Crippen molar-refractivity contribution in [1.82, 2.24) is 20.2 Å². The molecule has 3 aromatic rings. The van der Waals surface area contributed by atoms with Gasteiger partial charge in [0, 0.05) is 11.1 Å². The van der Waals surface area contributed by atoms with Gasteiger partial charge >= 0.3 is 5.97 Å². The first-order valence-corrected chi connectivity index (χ1v) is 5.84. The van der Waals surface area contributed by atoms with Gasteiger partial charge in [0.1, 0.15) is 5.82 Å². The van der Waals surface area contributed by atoms with E-state index in [1.807, 2.05) is 25.1 Å². The van der Waals surface area contributed by atoms with Crippen molar-refractivity contribution < 1.29 is 9.90 Å². The van der Waals surface area contributed by atoms with Crippen LogP contribution in [0.15, 0.2) is 24.4 Å². The molecule has 0 fully saturated rings. The molecule has 2 heterocycles. The summed E-state index contributed by atoms with van der Waals surface area (Å²) in [5, 5.41) is 15.6. The van der Waals surface area contributed by atoms with Gasteiger partial charge in [-0.2, -0.15) is 5.10 Å². The van der Waals surface area contributed by atoms with Crippen molar-refractivity contribution in [2.75, 3.05) is 0 Å². The number of hydrogen-bond donors (Lipinski definition) is 3. The molecule has 0 unspecified atom stereocenters. The van der Waals surface area contributed by atoms with Gasteiger partial charge < -0.3 is 10.1 Å². The largest absolute Gasteiger partial charge is 0.481 e. The summed E-state index contributed by atoms with van der Waals surface area (Å²) in [4.78, 5) is 18.3. The van der Waals surface area contributed by atoms with E-state index in [1.54, 1.807) is 6.20 Å². The SMILES string of the molecule is Cc1nc2ccc(-c3[nH]ncc3CC(=O)O)cc2[nH]1. The third-order valence-electron chi connectivity index (χ3n) is 2.95. The van der Waals surface area contributed by atoms with Crippen molar-refractivity contribution in [2.24, 2.45) is 0 Å². The van der Waals surface area contributed by atoms with Crippen LogP contribution in [0.4, 0.5) is 0 Å². The van der Waals surface area contributed by atoms with E-state index >= 15 is 0 Å². The second-order valence-electron chi connectivity index (χ2n) is 4.39. The van der Waals surface area contributed by atoms with Crippen LogP contribution in [0.25, 0.3) is 22.3 Å². The molecular formula is C13H12N4O2. The van der Waals surface area contributed by atoms with Crippen LogP contribution in [-0.4, -0.2) is 31.2 Å². The zero-order valence-electron chi connectivity index (χ0n) is 10.3. The van der Waals surface area contributed by atoms with Gasteiger partial charge in [-0.1, -0.05) is 6.07 Å². The minimum absolute atomic E-state index is 0.0497. The zero-order valence-corrected chi connectivity index (χ0v) is 10.3. The van der Waals surface area contributed by atoms with Crippen LogP contribution >= 0.6 is 0 Å². The van der Waals surface area contributed by atoms with Crippen molar-refractivity contribution in [3.8, 4) is 11.3 Å². The number of nitrogens with zero attached hydrogens (tertiary/aromatic N) is 2. The first-order chi connectivity index (χ1) is 9.13. The van der Waals surface area contributed by atoms with Crippen molar-refractivity contribution >= 4 is 17.0 Å². The molecule has 6 heteroatoms. The van der Waals surface area contributed by atoms with Gasteiger partial charge in [0.2, 0.25) is 0 Å². The van der Waals surface area contributed by atoms with E-state index in [9.17, 15) is 4.79 Å². The molecule has 6 nitrogen and oxygen atoms in total. The standard InChI is InChI=1S/C13H12N4O2/c1-7-15-10-3-2-8(4-11(10)16-7)13-9(5-12(18)19)6-14-17-13/h2-4,6H,5H2,1H3,(H,14,17)(H,15,16)(H,18,19). The highest BCUT2D eigenvalue weighted by Gasteiger charge is 2.12. The van der Waals surface area contributed by atoms with E-state index in [1.165, 1.54) is 0 Å². The van der Waals surface area contributed by atoms with Gasteiger partial charge in [-0.25, -0.2) is 4.98 Å². The summed E-state index contributed by atoms with van der Waals surface area (Å²) < 4.78 is 0. The second kappa shape index (κ2) is 4.24. The molecular weight excluding hydrogens is 244 g/mol. The predicted octanol–water partition coefficient (Wildman–Crippen LogP) is 1.89. The molecule has 0 radical (unpaired) electrons. The summed E-state index contributed by atoms with van der Waals surface area (Å²) in [6.07, 6.45) is 1.50. The van der Waals surface area contributed by atoms with E-state index in [4.69, 9.17) is 5.11 Å². The minimum Gasteiger partial charge on any atom is -0.481 e. The highest BCUT2D eigenvalue weighted by atomic mass is 16.4. The van der Waals surface area contributed by atoms with Crippen LogP contribution in [-0.2, 0) is 11.2 Å². The lowest BCUT2D eigenvalue weighted by Gasteiger charge is -2.01. The molecule has 0 aliphatic heterocycles. The highest BCUT2D eigenvalue weighted by Crippen LogP contribution is 2.24. The first-order valence-electron chi connectivity index (χ1n) is 5.84. The number of aromatic amines is 2. The average molecular weight is 256 g/mol. The van der Waals surface area contributed by atoms with E-state index in [0.29, 0.717) is 5.56 Å². The maximum Gasteiger partial charge on any atom is 0.307 e. The number of carboxylic acid groups (broad SMARTS) is 1. The summed E-state index contributed by atoms with van der Waals surface area (Å²) in [5.74, 6) is -0.0244. The predicted molar refractivity (Wildman–Crippen MR) is 69.8 cm³/mol. The Morgan fingerprint density at radius 1 is 1.42 bits per heavy atom. The van der Waals surface area contributed by atoms with Crippen LogP contribution < -0.4 is 0 Å². The number of carbonyl (C=O) groups is 1. The molecule has 0 bridgehead atoms. The van der Waals surface area contributed by atoms with Crippen molar-refractivity contribution in [3.05, 3.63) is 35.8 Å². The fraction of sp³-hybridized carbons (Fsp3) is 0.154. The maximum atomic E-state index is 10.8. The van der Waals surface area contributed by atoms with E-state index < -0.39 is 5.97 Å².